The predicted molar refractivity (Wildman–Crippen MR) is 99.3 cm³/mol. The van der Waals surface area contributed by atoms with Crippen LogP contribution in [0.4, 0.5) is 0 Å². The molecule has 0 atom stereocenters. The molecule has 0 heterocycles. The SMILES string of the molecule is COc1ccc(C2=C(c3ccc(S(=O)(=O)OC)cc3)CCC2)cc1Cl. The van der Waals surface area contributed by atoms with Crippen LogP contribution in [0.15, 0.2) is 47.4 Å². The second-order valence-electron chi connectivity index (χ2n) is 5.81. The highest BCUT2D eigenvalue weighted by atomic mass is 35.5. The molecular formula is C19H19ClO4S. The third-order valence-electron chi connectivity index (χ3n) is 4.43. The zero-order valence-corrected chi connectivity index (χ0v) is 15.7. The topological polar surface area (TPSA) is 52.6 Å². The number of hydrogen-bond acceptors (Lipinski definition) is 4. The van der Waals surface area contributed by atoms with Crippen molar-refractivity contribution in [2.24, 2.45) is 0 Å². The van der Waals surface area contributed by atoms with Crippen LogP contribution in [0.25, 0.3) is 11.1 Å². The summed E-state index contributed by atoms with van der Waals surface area (Å²) in [6.45, 7) is 0. The second-order valence-corrected chi connectivity index (χ2v) is 7.93. The normalized spacial score (nSPS) is 14.8. The van der Waals surface area contributed by atoms with E-state index in [0.29, 0.717) is 10.8 Å². The Morgan fingerprint density at radius 3 is 2.08 bits per heavy atom. The number of allylic oxidation sites excluding steroid dienone is 2. The van der Waals surface area contributed by atoms with Crippen LogP contribution >= 0.6 is 11.6 Å². The Kier molecular flexibility index (Phi) is 5.18. The Morgan fingerprint density at radius 2 is 1.52 bits per heavy atom. The van der Waals surface area contributed by atoms with Gasteiger partial charge in [-0.15, -0.1) is 0 Å². The maximum Gasteiger partial charge on any atom is 0.296 e. The molecule has 6 heteroatoms. The minimum Gasteiger partial charge on any atom is -0.495 e. The van der Waals surface area contributed by atoms with Gasteiger partial charge in [0.15, 0.2) is 0 Å². The first kappa shape index (κ1) is 18.0. The standard InChI is InChI=1S/C19H19ClO4S/c1-23-19-11-8-14(12-18(19)20)17-5-3-4-16(17)13-6-9-15(10-7-13)25(21,22)24-2/h6-12H,3-5H2,1-2H3. The van der Waals surface area contributed by atoms with E-state index in [-0.39, 0.29) is 4.90 Å². The van der Waals surface area contributed by atoms with Crippen molar-refractivity contribution in [3.63, 3.8) is 0 Å². The molecule has 0 saturated carbocycles. The fourth-order valence-electron chi connectivity index (χ4n) is 3.15. The Labute approximate surface area is 153 Å². The van der Waals surface area contributed by atoms with Crippen LogP contribution in [0.2, 0.25) is 5.02 Å². The molecule has 0 saturated heterocycles. The summed E-state index contributed by atoms with van der Waals surface area (Å²) in [5, 5.41) is 0.584. The lowest BCUT2D eigenvalue weighted by Gasteiger charge is -2.11. The smallest absolute Gasteiger partial charge is 0.296 e. The first-order chi connectivity index (χ1) is 12.0. The van der Waals surface area contributed by atoms with Gasteiger partial charge in [-0.25, -0.2) is 0 Å². The van der Waals surface area contributed by atoms with Crippen molar-refractivity contribution in [3.8, 4) is 5.75 Å². The Balaban J connectivity index is 2.00. The fraction of sp³-hybridized carbons (Fsp3) is 0.263. The van der Waals surface area contributed by atoms with Gasteiger partial charge < -0.3 is 4.74 Å². The quantitative estimate of drug-likeness (QED) is 0.702. The van der Waals surface area contributed by atoms with Crippen LogP contribution in [0.3, 0.4) is 0 Å². The second kappa shape index (κ2) is 7.20. The van der Waals surface area contributed by atoms with Gasteiger partial charge in [-0.1, -0.05) is 29.8 Å². The monoisotopic (exact) mass is 378 g/mol. The molecule has 25 heavy (non-hydrogen) atoms. The van der Waals surface area contributed by atoms with E-state index in [4.69, 9.17) is 16.3 Å². The molecule has 0 aromatic heterocycles. The average molecular weight is 379 g/mol. The van der Waals surface area contributed by atoms with Crippen molar-refractivity contribution < 1.29 is 17.3 Å². The highest BCUT2D eigenvalue weighted by molar-refractivity contribution is 7.86. The van der Waals surface area contributed by atoms with Crippen molar-refractivity contribution in [1.82, 2.24) is 0 Å². The first-order valence-corrected chi connectivity index (χ1v) is 9.72. The molecule has 1 aliphatic carbocycles. The molecule has 132 valence electrons. The molecule has 2 aromatic rings. The van der Waals surface area contributed by atoms with E-state index >= 15 is 0 Å². The number of ether oxygens (including phenoxy) is 1. The van der Waals surface area contributed by atoms with Gasteiger partial charge in [0.25, 0.3) is 10.1 Å². The van der Waals surface area contributed by atoms with E-state index in [9.17, 15) is 8.42 Å². The van der Waals surface area contributed by atoms with E-state index in [2.05, 4.69) is 4.18 Å². The van der Waals surface area contributed by atoms with Crippen molar-refractivity contribution in [2.75, 3.05) is 14.2 Å². The summed E-state index contributed by atoms with van der Waals surface area (Å²) >= 11 is 6.26. The molecule has 0 aliphatic heterocycles. The summed E-state index contributed by atoms with van der Waals surface area (Å²) < 4.78 is 33.3. The van der Waals surface area contributed by atoms with Gasteiger partial charge >= 0.3 is 0 Å². The summed E-state index contributed by atoms with van der Waals surface area (Å²) in [4.78, 5) is 0.159. The molecule has 0 N–H and O–H groups in total. The van der Waals surface area contributed by atoms with Gasteiger partial charge in [-0.3, -0.25) is 4.18 Å². The van der Waals surface area contributed by atoms with Crippen LogP contribution < -0.4 is 4.74 Å². The third-order valence-corrected chi connectivity index (χ3v) is 6.01. The number of methoxy groups -OCH3 is 1. The van der Waals surface area contributed by atoms with Crippen LogP contribution in [0.1, 0.15) is 30.4 Å². The lowest BCUT2D eigenvalue weighted by Crippen LogP contribution is -2.02. The third kappa shape index (κ3) is 3.59. The minimum atomic E-state index is -3.66. The number of halogens is 1. The average Bonchev–Trinajstić information content (AvgIpc) is 3.11. The summed E-state index contributed by atoms with van der Waals surface area (Å²) in [6, 6.07) is 12.6. The fourth-order valence-corrected chi connectivity index (χ4v) is 4.07. The van der Waals surface area contributed by atoms with Gasteiger partial charge in [-0.2, -0.15) is 8.42 Å². The zero-order valence-electron chi connectivity index (χ0n) is 14.1. The molecule has 0 bridgehead atoms. The van der Waals surface area contributed by atoms with Crippen LogP contribution in [0.5, 0.6) is 5.75 Å². The predicted octanol–water partition coefficient (Wildman–Crippen LogP) is 4.78. The molecule has 4 nitrogen and oxygen atoms in total. The Hall–Kier alpha value is -1.82. The molecule has 0 amide bonds. The Morgan fingerprint density at radius 1 is 0.920 bits per heavy atom. The number of benzene rings is 2. The molecule has 0 unspecified atom stereocenters. The Bertz CT molecular complexity index is 915. The van der Waals surface area contributed by atoms with Crippen molar-refractivity contribution in [2.45, 2.75) is 24.2 Å². The molecule has 1 aliphatic rings. The maximum atomic E-state index is 11.8. The van der Waals surface area contributed by atoms with Gasteiger partial charge in [-0.05, 0) is 65.8 Å². The summed E-state index contributed by atoms with van der Waals surface area (Å²) in [5.74, 6) is 0.652. The lowest BCUT2D eigenvalue weighted by atomic mass is 9.97. The maximum absolute atomic E-state index is 11.8. The van der Waals surface area contributed by atoms with Gasteiger partial charge in [0.1, 0.15) is 5.75 Å². The first-order valence-electron chi connectivity index (χ1n) is 7.93. The van der Waals surface area contributed by atoms with Crippen molar-refractivity contribution in [1.29, 1.82) is 0 Å². The highest BCUT2D eigenvalue weighted by Gasteiger charge is 2.20. The van der Waals surface area contributed by atoms with Gasteiger partial charge in [0, 0.05) is 0 Å². The molecule has 3 rings (SSSR count). The van der Waals surface area contributed by atoms with Crippen molar-refractivity contribution >= 4 is 32.9 Å². The van der Waals surface area contributed by atoms with Gasteiger partial charge in [0.05, 0.1) is 24.1 Å². The highest BCUT2D eigenvalue weighted by Crippen LogP contribution is 2.41. The minimum absolute atomic E-state index is 0.159. The van der Waals surface area contributed by atoms with E-state index < -0.39 is 10.1 Å². The number of hydrogen-bond donors (Lipinski definition) is 0. The largest absolute Gasteiger partial charge is 0.495 e. The summed E-state index contributed by atoms with van der Waals surface area (Å²) in [7, 11) is -0.910. The lowest BCUT2D eigenvalue weighted by molar-refractivity contribution is 0.398. The van der Waals surface area contributed by atoms with Crippen LogP contribution in [-0.2, 0) is 14.3 Å². The zero-order chi connectivity index (χ0) is 18.0. The van der Waals surface area contributed by atoms with Crippen LogP contribution in [0, 0.1) is 0 Å². The van der Waals surface area contributed by atoms with Gasteiger partial charge in [0.2, 0.25) is 0 Å². The molecule has 2 aromatic carbocycles. The summed E-state index contributed by atoms with van der Waals surface area (Å²) in [5.41, 5.74) is 4.57. The van der Waals surface area contributed by atoms with E-state index in [0.717, 1.165) is 37.5 Å². The van der Waals surface area contributed by atoms with E-state index in [1.165, 1.54) is 11.1 Å². The molecule has 0 fully saturated rings. The molecule has 0 radical (unpaired) electrons. The van der Waals surface area contributed by atoms with E-state index in [1.54, 1.807) is 19.2 Å². The molecular weight excluding hydrogens is 360 g/mol. The van der Waals surface area contributed by atoms with Crippen molar-refractivity contribution in [3.05, 3.63) is 58.6 Å². The molecule has 0 spiro atoms. The van der Waals surface area contributed by atoms with E-state index in [1.807, 2.05) is 30.3 Å². The summed E-state index contributed by atoms with van der Waals surface area (Å²) in [6.07, 6.45) is 2.98. The number of rotatable bonds is 5. The van der Waals surface area contributed by atoms with Crippen LogP contribution in [-0.4, -0.2) is 22.6 Å².